The lowest BCUT2D eigenvalue weighted by atomic mass is 9.91. The molecule has 4 atom stereocenters. The number of anilines is 1. The van der Waals surface area contributed by atoms with Gasteiger partial charge in [-0.3, -0.25) is 9.59 Å². The van der Waals surface area contributed by atoms with Gasteiger partial charge in [0, 0.05) is 29.3 Å². The molecule has 5 rings (SSSR count). The Labute approximate surface area is 246 Å². The van der Waals surface area contributed by atoms with Gasteiger partial charge in [0.1, 0.15) is 0 Å². The van der Waals surface area contributed by atoms with Gasteiger partial charge < -0.3 is 25.0 Å². The number of thioether (sulfide) groups is 1. The highest BCUT2D eigenvalue weighted by atomic mass is 32.2. The lowest BCUT2D eigenvalue weighted by Gasteiger charge is -2.41. The summed E-state index contributed by atoms with van der Waals surface area (Å²) in [5.41, 5.74) is 3.84. The molecule has 1 fully saturated rings. The van der Waals surface area contributed by atoms with Crippen LogP contribution >= 0.6 is 11.8 Å². The van der Waals surface area contributed by atoms with Gasteiger partial charge in [-0.15, -0.1) is 5.10 Å². The molecule has 3 aromatic carbocycles. The molecule has 1 aliphatic rings. The molecule has 0 aliphatic carbocycles. The van der Waals surface area contributed by atoms with Gasteiger partial charge in [-0.2, -0.15) is 4.68 Å². The van der Waals surface area contributed by atoms with E-state index < -0.39 is 12.3 Å². The number of para-hydroxylation sites is 1. The number of aliphatic carboxylic acids is 1. The predicted molar refractivity (Wildman–Crippen MR) is 155 cm³/mol. The fourth-order valence-corrected chi connectivity index (χ4v) is 5.73. The van der Waals surface area contributed by atoms with Crippen molar-refractivity contribution in [2.24, 2.45) is 5.92 Å². The highest BCUT2D eigenvalue weighted by molar-refractivity contribution is 7.99. The SMILES string of the molecule is CC1C(CSc2nnnn2-c2ccccc2)OC(c2cccc(NC(=O)CCC(=O)O)c2)OC1c1ccc(CO)cc1. The third kappa shape index (κ3) is 7.21. The van der Waals surface area contributed by atoms with Crippen LogP contribution < -0.4 is 5.32 Å². The Morgan fingerprint density at radius 3 is 2.50 bits per heavy atom. The van der Waals surface area contributed by atoms with Crippen LogP contribution in [-0.2, 0) is 25.7 Å². The van der Waals surface area contributed by atoms with E-state index in [0.29, 0.717) is 22.2 Å². The number of carboxylic acid groups (broad SMARTS) is 1. The number of hydrogen-bond acceptors (Lipinski definition) is 9. The highest BCUT2D eigenvalue weighted by Crippen LogP contribution is 2.43. The first kappa shape index (κ1) is 29.4. The Bertz CT molecular complexity index is 1500. The molecule has 4 unspecified atom stereocenters. The summed E-state index contributed by atoms with van der Waals surface area (Å²) in [6.07, 6.45) is -1.69. The van der Waals surface area contributed by atoms with Gasteiger partial charge in [0.15, 0.2) is 6.29 Å². The predicted octanol–water partition coefficient (Wildman–Crippen LogP) is 4.54. The number of tetrazole rings is 1. The molecule has 1 amide bonds. The molecule has 2 heterocycles. The van der Waals surface area contributed by atoms with Crippen molar-refractivity contribution in [3.05, 3.63) is 95.6 Å². The Hall–Kier alpha value is -4.10. The summed E-state index contributed by atoms with van der Waals surface area (Å²) >= 11 is 1.49. The first-order valence-electron chi connectivity index (χ1n) is 13.5. The number of aliphatic hydroxyl groups is 1. The monoisotopic (exact) mass is 589 g/mol. The maximum absolute atomic E-state index is 12.2. The number of hydrogen-bond donors (Lipinski definition) is 3. The van der Waals surface area contributed by atoms with Crippen LogP contribution in [0.2, 0.25) is 0 Å². The average molecular weight is 590 g/mol. The zero-order valence-corrected chi connectivity index (χ0v) is 23.7. The zero-order chi connectivity index (χ0) is 29.5. The van der Waals surface area contributed by atoms with Crippen molar-refractivity contribution in [1.29, 1.82) is 0 Å². The standard InChI is InChI=1S/C30H31N5O6S/c1-19-25(18-42-30-32-33-34-35(30)24-8-3-2-4-9-24)40-29(41-28(19)21-12-10-20(17-36)11-13-21)22-6-5-7-23(16-22)31-26(37)14-15-27(38)39/h2-13,16,19,25,28-29,36H,14-15,17-18H2,1H3,(H,31,37)(H,38,39). The van der Waals surface area contributed by atoms with Crippen LogP contribution in [0.15, 0.2) is 84.0 Å². The highest BCUT2D eigenvalue weighted by Gasteiger charge is 2.38. The molecule has 1 aromatic heterocycles. The molecule has 11 nitrogen and oxygen atoms in total. The maximum atomic E-state index is 12.2. The Kier molecular flexibility index (Phi) is 9.59. The minimum atomic E-state index is -1.03. The van der Waals surface area contributed by atoms with E-state index in [1.54, 1.807) is 22.9 Å². The first-order valence-corrected chi connectivity index (χ1v) is 14.5. The summed E-state index contributed by atoms with van der Waals surface area (Å²) < 4.78 is 14.7. The molecule has 1 saturated heterocycles. The van der Waals surface area contributed by atoms with E-state index in [0.717, 1.165) is 16.8 Å². The Balaban J connectivity index is 1.37. The minimum absolute atomic E-state index is 0.0475. The lowest BCUT2D eigenvalue weighted by Crippen LogP contribution is -2.38. The number of amides is 1. The summed E-state index contributed by atoms with van der Waals surface area (Å²) in [6.45, 7) is 2.03. The van der Waals surface area contributed by atoms with Crippen LogP contribution in [0.1, 0.15) is 48.8 Å². The van der Waals surface area contributed by atoms with E-state index in [4.69, 9.17) is 14.6 Å². The molecule has 218 valence electrons. The summed E-state index contributed by atoms with van der Waals surface area (Å²) in [4.78, 5) is 23.1. The van der Waals surface area contributed by atoms with Crippen LogP contribution in [-0.4, -0.2) is 54.2 Å². The topological polar surface area (TPSA) is 149 Å². The van der Waals surface area contributed by atoms with Crippen molar-refractivity contribution < 1.29 is 29.3 Å². The number of benzene rings is 3. The second-order valence-corrected chi connectivity index (χ2v) is 10.9. The molecule has 3 N–H and O–H groups in total. The molecule has 0 saturated carbocycles. The Morgan fingerprint density at radius 1 is 0.976 bits per heavy atom. The number of aromatic nitrogens is 4. The summed E-state index contributed by atoms with van der Waals surface area (Å²) in [5, 5.41) is 34.0. The molecule has 0 radical (unpaired) electrons. The van der Waals surface area contributed by atoms with Crippen molar-refractivity contribution in [3.63, 3.8) is 0 Å². The maximum Gasteiger partial charge on any atom is 0.303 e. The van der Waals surface area contributed by atoms with Crippen molar-refractivity contribution in [1.82, 2.24) is 20.2 Å². The van der Waals surface area contributed by atoms with Crippen LogP contribution in [0, 0.1) is 5.92 Å². The van der Waals surface area contributed by atoms with Crippen LogP contribution in [0.4, 0.5) is 5.69 Å². The number of nitrogens with one attached hydrogen (secondary N) is 1. The number of nitrogens with zero attached hydrogens (tertiary/aromatic N) is 4. The quantitative estimate of drug-likeness (QED) is 0.213. The number of carboxylic acids is 1. The fourth-order valence-electron chi connectivity index (χ4n) is 4.67. The molecule has 12 heteroatoms. The minimum Gasteiger partial charge on any atom is -0.481 e. The normalized spacial score (nSPS) is 20.2. The smallest absolute Gasteiger partial charge is 0.303 e. The molecule has 1 aliphatic heterocycles. The second-order valence-electron chi connectivity index (χ2n) is 9.91. The number of rotatable bonds is 11. The van der Waals surface area contributed by atoms with E-state index in [-0.39, 0.29) is 43.5 Å². The molecule has 0 spiro atoms. The third-order valence-corrected chi connectivity index (χ3v) is 7.96. The van der Waals surface area contributed by atoms with Gasteiger partial charge in [-0.1, -0.05) is 73.3 Å². The van der Waals surface area contributed by atoms with Crippen molar-refractivity contribution in [2.45, 2.75) is 50.0 Å². The van der Waals surface area contributed by atoms with Gasteiger partial charge >= 0.3 is 5.97 Å². The van der Waals surface area contributed by atoms with E-state index >= 15 is 0 Å². The van der Waals surface area contributed by atoms with Crippen molar-refractivity contribution in [2.75, 3.05) is 11.1 Å². The molecule has 4 aromatic rings. The van der Waals surface area contributed by atoms with Crippen LogP contribution in [0.25, 0.3) is 5.69 Å². The van der Waals surface area contributed by atoms with E-state index in [1.165, 1.54) is 11.8 Å². The fraction of sp³-hybridized carbons (Fsp3) is 0.300. The summed E-state index contributed by atoms with van der Waals surface area (Å²) in [5.74, 6) is -0.920. The Morgan fingerprint density at radius 2 is 1.76 bits per heavy atom. The number of aliphatic hydroxyl groups excluding tert-OH is 1. The first-order chi connectivity index (χ1) is 20.4. The van der Waals surface area contributed by atoms with E-state index in [9.17, 15) is 14.7 Å². The van der Waals surface area contributed by atoms with Gasteiger partial charge in [-0.25, -0.2) is 0 Å². The van der Waals surface area contributed by atoms with Gasteiger partial charge in [0.25, 0.3) is 0 Å². The third-order valence-electron chi connectivity index (χ3n) is 6.95. The molecular weight excluding hydrogens is 558 g/mol. The summed E-state index contributed by atoms with van der Waals surface area (Å²) in [6, 6.07) is 24.5. The van der Waals surface area contributed by atoms with E-state index in [1.807, 2.05) is 60.7 Å². The van der Waals surface area contributed by atoms with Crippen molar-refractivity contribution in [3.8, 4) is 5.69 Å². The van der Waals surface area contributed by atoms with Gasteiger partial charge in [0.2, 0.25) is 11.1 Å². The number of carbonyl (C=O) groups excluding carboxylic acids is 1. The van der Waals surface area contributed by atoms with Crippen LogP contribution in [0.3, 0.4) is 0 Å². The second kappa shape index (κ2) is 13.7. The largest absolute Gasteiger partial charge is 0.481 e. The average Bonchev–Trinajstić information content (AvgIpc) is 3.49. The van der Waals surface area contributed by atoms with Gasteiger partial charge in [0.05, 0.1) is 30.9 Å². The zero-order valence-electron chi connectivity index (χ0n) is 22.9. The molecule has 42 heavy (non-hydrogen) atoms. The lowest BCUT2D eigenvalue weighted by molar-refractivity contribution is -0.268. The molecular formula is C30H31N5O6S. The van der Waals surface area contributed by atoms with Crippen LogP contribution in [0.5, 0.6) is 0 Å². The number of ether oxygens (including phenoxy) is 2. The van der Waals surface area contributed by atoms with E-state index in [2.05, 4.69) is 27.8 Å². The van der Waals surface area contributed by atoms with Gasteiger partial charge in [-0.05, 0) is 45.8 Å². The van der Waals surface area contributed by atoms with Crippen molar-refractivity contribution >= 4 is 29.3 Å². The number of carbonyl (C=O) groups is 2. The summed E-state index contributed by atoms with van der Waals surface area (Å²) in [7, 11) is 0. The molecule has 0 bridgehead atoms.